The molecular formula is C46H76N6O7. The normalized spacial score (nSPS) is 18.2. The standard InChI is InChI=1S/C33H55N3O6.C13H21N3O/c1-10-22(4)30(35(7)28(37)19-21(2)3)27(41-8)20-29(38)36-18-14-17-26(36)32(42-9)23(5)33(40)34-24(6)31(39)25-15-12-11-13-16-25;1-9(2)12(13(15)17)16(3)8-10-4-6-11(14)7-5-10/h11-13,15-16,21-24,26-27,30-32,39H,10,14,17-20H2,1-9H3,(H,34,40);4-7,9,12H,8,14H2,1-3H3,(H2,15,17). The molecule has 9 atom stereocenters. The lowest BCUT2D eigenvalue weighted by Gasteiger charge is -2.39. The molecule has 0 aromatic heterocycles. The Morgan fingerprint density at radius 2 is 1.53 bits per heavy atom. The molecule has 2 aromatic rings. The van der Waals surface area contributed by atoms with E-state index in [2.05, 4.69) is 19.2 Å². The van der Waals surface area contributed by atoms with Gasteiger partial charge in [-0.3, -0.25) is 24.1 Å². The lowest BCUT2D eigenvalue weighted by atomic mass is 9.90. The number of aliphatic hydroxyl groups excluding tert-OH is 1. The average Bonchev–Trinajstić information content (AvgIpc) is 3.68. The number of ether oxygens (including phenoxy) is 2. The molecule has 13 nitrogen and oxygen atoms in total. The van der Waals surface area contributed by atoms with Gasteiger partial charge in [0, 0.05) is 46.5 Å². The fourth-order valence-electron chi connectivity index (χ4n) is 8.26. The Labute approximate surface area is 354 Å². The zero-order valence-electron chi connectivity index (χ0n) is 37.9. The van der Waals surface area contributed by atoms with Crippen molar-refractivity contribution >= 4 is 29.3 Å². The van der Waals surface area contributed by atoms with E-state index in [0.29, 0.717) is 19.5 Å². The predicted octanol–water partition coefficient (Wildman–Crippen LogP) is 5.40. The number of methoxy groups -OCH3 is 2. The number of hydrogen-bond acceptors (Lipinski definition) is 9. The number of aliphatic hydroxyl groups is 1. The molecule has 332 valence electrons. The van der Waals surface area contributed by atoms with Crippen LogP contribution >= 0.6 is 0 Å². The van der Waals surface area contributed by atoms with Gasteiger partial charge in [0.2, 0.25) is 23.6 Å². The topological polar surface area (TPSA) is 181 Å². The largest absolute Gasteiger partial charge is 0.399 e. The molecule has 9 unspecified atom stereocenters. The van der Waals surface area contributed by atoms with Gasteiger partial charge < -0.3 is 41.2 Å². The first-order valence-electron chi connectivity index (χ1n) is 21.3. The Morgan fingerprint density at radius 1 is 0.915 bits per heavy atom. The number of nitrogens with one attached hydrogen (secondary N) is 1. The number of benzene rings is 2. The number of carbonyl (C=O) groups excluding carboxylic acids is 4. The molecule has 1 saturated heterocycles. The van der Waals surface area contributed by atoms with E-state index in [1.807, 2.05) is 106 Å². The van der Waals surface area contributed by atoms with Crippen molar-refractivity contribution < 1.29 is 33.8 Å². The molecule has 1 aliphatic heterocycles. The number of hydrogen-bond donors (Lipinski definition) is 4. The van der Waals surface area contributed by atoms with Gasteiger partial charge in [-0.1, -0.05) is 97.4 Å². The summed E-state index contributed by atoms with van der Waals surface area (Å²) in [6, 6.07) is 15.6. The van der Waals surface area contributed by atoms with Crippen LogP contribution in [0.2, 0.25) is 0 Å². The van der Waals surface area contributed by atoms with Gasteiger partial charge in [0.1, 0.15) is 0 Å². The third kappa shape index (κ3) is 15.2. The van der Waals surface area contributed by atoms with Gasteiger partial charge in [0.05, 0.1) is 54.8 Å². The highest BCUT2D eigenvalue weighted by atomic mass is 16.5. The molecule has 0 radical (unpaired) electrons. The van der Waals surface area contributed by atoms with Gasteiger partial charge >= 0.3 is 0 Å². The van der Waals surface area contributed by atoms with E-state index in [9.17, 15) is 24.3 Å². The smallest absolute Gasteiger partial charge is 0.235 e. The van der Waals surface area contributed by atoms with Crippen molar-refractivity contribution in [1.82, 2.24) is 20.0 Å². The van der Waals surface area contributed by atoms with E-state index in [0.717, 1.165) is 36.1 Å². The first kappa shape index (κ1) is 51.1. The molecule has 0 aliphatic carbocycles. The fraction of sp³-hybridized carbons (Fsp3) is 0.652. The van der Waals surface area contributed by atoms with E-state index in [-0.39, 0.29) is 65.9 Å². The molecule has 3 rings (SSSR count). The molecule has 0 saturated carbocycles. The van der Waals surface area contributed by atoms with Crippen molar-refractivity contribution in [2.75, 3.05) is 40.6 Å². The van der Waals surface area contributed by atoms with Crippen LogP contribution in [0.5, 0.6) is 0 Å². The van der Waals surface area contributed by atoms with E-state index >= 15 is 0 Å². The summed E-state index contributed by atoms with van der Waals surface area (Å²) in [7, 11) is 6.90. The number of rotatable bonds is 21. The van der Waals surface area contributed by atoms with E-state index < -0.39 is 30.3 Å². The molecule has 1 fully saturated rings. The summed E-state index contributed by atoms with van der Waals surface area (Å²) >= 11 is 0. The van der Waals surface area contributed by atoms with Crippen LogP contribution in [0.15, 0.2) is 54.6 Å². The number of primary amides is 1. The molecule has 4 amide bonds. The second kappa shape index (κ2) is 24.9. The molecule has 0 spiro atoms. The molecule has 2 aromatic carbocycles. The van der Waals surface area contributed by atoms with Gasteiger partial charge in [0.25, 0.3) is 0 Å². The highest BCUT2D eigenvalue weighted by Gasteiger charge is 2.42. The second-order valence-corrected chi connectivity index (χ2v) is 17.1. The number of anilines is 1. The van der Waals surface area contributed by atoms with Crippen LogP contribution < -0.4 is 16.8 Å². The summed E-state index contributed by atoms with van der Waals surface area (Å²) in [5.74, 6) is -0.503. The maximum atomic E-state index is 13.8. The summed E-state index contributed by atoms with van der Waals surface area (Å²) in [4.78, 5) is 57.1. The van der Waals surface area contributed by atoms with Crippen molar-refractivity contribution in [3.8, 4) is 0 Å². The van der Waals surface area contributed by atoms with Gasteiger partial charge in [-0.25, -0.2) is 0 Å². The lowest BCUT2D eigenvalue weighted by molar-refractivity contribution is -0.146. The Kier molecular flexibility index (Phi) is 21.6. The van der Waals surface area contributed by atoms with E-state index in [1.54, 1.807) is 33.0 Å². The summed E-state index contributed by atoms with van der Waals surface area (Å²) in [6.45, 7) is 17.1. The van der Waals surface area contributed by atoms with Crippen LogP contribution in [0.3, 0.4) is 0 Å². The van der Waals surface area contributed by atoms with E-state index in [1.165, 1.54) is 0 Å². The van der Waals surface area contributed by atoms with Crippen molar-refractivity contribution in [2.45, 2.75) is 137 Å². The number of nitrogens with two attached hydrogens (primary N) is 2. The van der Waals surface area contributed by atoms with Crippen LogP contribution in [-0.4, -0.2) is 115 Å². The van der Waals surface area contributed by atoms with Crippen molar-refractivity contribution in [3.05, 3.63) is 65.7 Å². The predicted molar refractivity (Wildman–Crippen MR) is 235 cm³/mol. The molecule has 13 heteroatoms. The highest BCUT2D eigenvalue weighted by Crippen LogP contribution is 2.30. The quantitative estimate of drug-likeness (QED) is 0.120. The average molecular weight is 825 g/mol. The monoisotopic (exact) mass is 825 g/mol. The second-order valence-electron chi connectivity index (χ2n) is 17.1. The third-order valence-corrected chi connectivity index (χ3v) is 11.7. The van der Waals surface area contributed by atoms with Gasteiger partial charge in [-0.05, 0) is 67.8 Å². The maximum Gasteiger partial charge on any atom is 0.235 e. The zero-order chi connectivity index (χ0) is 44.6. The van der Waals surface area contributed by atoms with Gasteiger partial charge in [-0.15, -0.1) is 0 Å². The van der Waals surface area contributed by atoms with E-state index in [4.69, 9.17) is 20.9 Å². The molecular weight excluding hydrogens is 749 g/mol. The third-order valence-electron chi connectivity index (χ3n) is 11.7. The number of carbonyl (C=O) groups is 4. The number of likely N-dealkylation sites (tertiary alicyclic amines) is 1. The Bertz CT molecular complexity index is 1580. The molecule has 6 N–H and O–H groups in total. The summed E-state index contributed by atoms with van der Waals surface area (Å²) < 4.78 is 11.8. The van der Waals surface area contributed by atoms with Crippen molar-refractivity contribution in [1.29, 1.82) is 0 Å². The molecule has 0 bridgehead atoms. The molecule has 1 aliphatic rings. The SMILES string of the molecule is CC(C)C(C(N)=O)N(C)Cc1ccc(N)cc1.CCC(C)C(C(CC(=O)N1CCCC1C(OC)C(C)C(=O)NC(C)C(O)c1ccccc1)OC)N(C)C(=O)CC(C)C. The summed E-state index contributed by atoms with van der Waals surface area (Å²) in [6.07, 6.45) is 1.15. The minimum absolute atomic E-state index is 0.0507. The number of likely N-dealkylation sites (N-methyl/N-ethyl adjacent to an activating group) is 2. The van der Waals surface area contributed by atoms with Crippen LogP contribution in [0, 0.1) is 23.7 Å². The first-order valence-corrected chi connectivity index (χ1v) is 21.3. The number of nitrogens with zero attached hydrogens (tertiary/aromatic N) is 3. The molecule has 1 heterocycles. The molecule has 59 heavy (non-hydrogen) atoms. The van der Waals surface area contributed by atoms with Crippen LogP contribution in [0.25, 0.3) is 0 Å². The van der Waals surface area contributed by atoms with Crippen molar-refractivity contribution in [3.63, 3.8) is 0 Å². The van der Waals surface area contributed by atoms with Crippen LogP contribution in [0.1, 0.15) is 105 Å². The first-order chi connectivity index (χ1) is 27.8. The number of nitrogen functional groups attached to an aromatic ring is 1. The van der Waals surface area contributed by atoms with Crippen molar-refractivity contribution in [2.24, 2.45) is 29.4 Å². The summed E-state index contributed by atoms with van der Waals surface area (Å²) in [5.41, 5.74) is 13.6. The Balaban J connectivity index is 0.000000587. The summed E-state index contributed by atoms with van der Waals surface area (Å²) in [5, 5.41) is 13.7. The van der Waals surface area contributed by atoms with Crippen LogP contribution in [0.4, 0.5) is 5.69 Å². The fourth-order valence-corrected chi connectivity index (χ4v) is 8.26. The maximum absolute atomic E-state index is 13.8. The minimum atomic E-state index is -0.845. The Hall–Kier alpha value is -4.04. The lowest BCUT2D eigenvalue weighted by Crippen LogP contribution is -2.53. The Morgan fingerprint density at radius 3 is 2.03 bits per heavy atom. The number of amides is 4. The van der Waals surface area contributed by atoms with Gasteiger partial charge in [-0.2, -0.15) is 0 Å². The highest BCUT2D eigenvalue weighted by molar-refractivity contribution is 5.81. The zero-order valence-corrected chi connectivity index (χ0v) is 37.9. The van der Waals surface area contributed by atoms with Crippen LogP contribution in [-0.2, 0) is 35.2 Å². The van der Waals surface area contributed by atoms with Gasteiger partial charge in [0.15, 0.2) is 0 Å². The minimum Gasteiger partial charge on any atom is -0.399 e.